The number of nitrogens with zero attached hydrogens (tertiary/aromatic N) is 1. The average molecular weight is 159 g/mol. The fraction of sp³-hybridized carbons (Fsp3) is 0.571. The number of halogens is 1. The highest BCUT2D eigenvalue weighted by Crippen LogP contribution is 2.01. The van der Waals surface area contributed by atoms with Crippen LogP contribution in [0.3, 0.4) is 0 Å². The van der Waals surface area contributed by atoms with Crippen LogP contribution in [0.4, 0.5) is 0 Å². The molecule has 1 N–H and O–H groups in total. The average Bonchev–Trinajstić information content (AvgIpc) is 2.41. The van der Waals surface area contributed by atoms with E-state index in [0.717, 1.165) is 25.1 Å². The van der Waals surface area contributed by atoms with Crippen molar-refractivity contribution < 1.29 is 0 Å². The highest BCUT2D eigenvalue weighted by molar-refractivity contribution is 6.17. The molecule has 1 rings (SSSR count). The number of nitrogens with one attached hydrogen (secondary N) is 1. The second kappa shape index (κ2) is 4.34. The minimum absolute atomic E-state index is 0.762. The summed E-state index contributed by atoms with van der Waals surface area (Å²) in [6, 6.07) is 0. The van der Waals surface area contributed by atoms with Gasteiger partial charge in [-0.15, -0.1) is 11.6 Å². The Hall–Kier alpha value is -0.500. The van der Waals surface area contributed by atoms with Crippen molar-refractivity contribution in [3.63, 3.8) is 0 Å². The molecule has 3 heteroatoms. The Kier molecular flexibility index (Phi) is 3.30. The van der Waals surface area contributed by atoms with Gasteiger partial charge in [0.25, 0.3) is 0 Å². The third-order valence-corrected chi connectivity index (χ3v) is 1.67. The lowest BCUT2D eigenvalue weighted by Crippen LogP contribution is -1.82. The number of hydrogen-bond donors (Lipinski definition) is 1. The molecule has 0 spiro atoms. The summed E-state index contributed by atoms with van der Waals surface area (Å²) in [4.78, 5) is 0. The number of alkyl halides is 1. The van der Waals surface area contributed by atoms with Crippen molar-refractivity contribution in [1.29, 1.82) is 0 Å². The van der Waals surface area contributed by atoms with Gasteiger partial charge in [-0.05, 0) is 24.8 Å². The highest BCUT2D eigenvalue weighted by atomic mass is 35.5. The Morgan fingerprint density at radius 1 is 1.50 bits per heavy atom. The Balaban J connectivity index is 2.15. The van der Waals surface area contributed by atoms with Crippen LogP contribution in [0, 0.1) is 0 Å². The lowest BCUT2D eigenvalue weighted by Gasteiger charge is -1.92. The zero-order chi connectivity index (χ0) is 7.23. The standard InChI is InChI=1S/C7H11ClN2/c8-4-2-1-3-7-5-9-10-6-7/h5-6H,1-4H2,(H,9,10). The second-order valence-corrected chi connectivity index (χ2v) is 2.63. The molecule has 1 heterocycles. The Morgan fingerprint density at radius 2 is 2.40 bits per heavy atom. The predicted molar refractivity (Wildman–Crippen MR) is 42.2 cm³/mol. The summed E-state index contributed by atoms with van der Waals surface area (Å²) in [6.07, 6.45) is 7.11. The first kappa shape index (κ1) is 7.61. The van der Waals surface area contributed by atoms with Crippen molar-refractivity contribution in [2.75, 3.05) is 5.88 Å². The summed E-state index contributed by atoms with van der Waals surface area (Å²) in [7, 11) is 0. The molecule has 0 aliphatic heterocycles. The zero-order valence-electron chi connectivity index (χ0n) is 5.81. The van der Waals surface area contributed by atoms with Gasteiger partial charge in [0.2, 0.25) is 0 Å². The second-order valence-electron chi connectivity index (χ2n) is 2.25. The molecule has 0 saturated heterocycles. The molecular weight excluding hydrogens is 148 g/mol. The van der Waals surface area contributed by atoms with E-state index in [2.05, 4.69) is 10.2 Å². The van der Waals surface area contributed by atoms with Crippen LogP contribution in [0.5, 0.6) is 0 Å². The third kappa shape index (κ3) is 2.40. The van der Waals surface area contributed by atoms with Gasteiger partial charge in [0.1, 0.15) is 0 Å². The van der Waals surface area contributed by atoms with E-state index in [0.29, 0.717) is 0 Å². The van der Waals surface area contributed by atoms with Gasteiger partial charge in [-0.1, -0.05) is 0 Å². The van der Waals surface area contributed by atoms with Crippen LogP contribution in [0.2, 0.25) is 0 Å². The predicted octanol–water partition coefficient (Wildman–Crippen LogP) is 1.97. The molecule has 0 amide bonds. The maximum Gasteiger partial charge on any atom is 0.0519 e. The van der Waals surface area contributed by atoms with Crippen molar-refractivity contribution in [3.05, 3.63) is 18.0 Å². The SMILES string of the molecule is ClCCCCc1cn[nH]c1. The fourth-order valence-electron chi connectivity index (χ4n) is 0.838. The molecule has 1 aromatic rings. The van der Waals surface area contributed by atoms with Crippen molar-refractivity contribution in [1.82, 2.24) is 10.2 Å². The van der Waals surface area contributed by atoms with Crippen LogP contribution in [0.15, 0.2) is 12.4 Å². The molecule has 0 aliphatic rings. The maximum atomic E-state index is 5.52. The van der Waals surface area contributed by atoms with Crippen molar-refractivity contribution >= 4 is 11.6 Å². The topological polar surface area (TPSA) is 28.7 Å². The van der Waals surface area contributed by atoms with Crippen molar-refractivity contribution in [3.8, 4) is 0 Å². The summed E-state index contributed by atoms with van der Waals surface area (Å²) < 4.78 is 0. The molecule has 1 aromatic heterocycles. The van der Waals surface area contributed by atoms with Gasteiger partial charge < -0.3 is 0 Å². The first-order valence-corrected chi connectivity index (χ1v) is 4.00. The molecule has 0 aromatic carbocycles. The molecule has 0 radical (unpaired) electrons. The lowest BCUT2D eigenvalue weighted by molar-refractivity contribution is 0.800. The molecule has 0 unspecified atom stereocenters. The largest absolute Gasteiger partial charge is 0.285 e. The van der Waals surface area contributed by atoms with Crippen LogP contribution in [0.1, 0.15) is 18.4 Å². The van der Waals surface area contributed by atoms with E-state index in [9.17, 15) is 0 Å². The number of aryl methyl sites for hydroxylation is 1. The number of aromatic nitrogens is 2. The van der Waals surface area contributed by atoms with Gasteiger partial charge in [-0.2, -0.15) is 5.10 Å². The molecule has 2 nitrogen and oxygen atoms in total. The van der Waals surface area contributed by atoms with Crippen LogP contribution in [-0.4, -0.2) is 16.1 Å². The molecule has 0 fully saturated rings. The minimum atomic E-state index is 0.762. The first-order chi connectivity index (χ1) is 4.93. The molecule has 10 heavy (non-hydrogen) atoms. The molecular formula is C7H11ClN2. The number of H-pyrrole nitrogens is 1. The van der Waals surface area contributed by atoms with E-state index in [1.807, 2.05) is 12.4 Å². The number of rotatable bonds is 4. The van der Waals surface area contributed by atoms with E-state index in [1.54, 1.807) is 0 Å². The van der Waals surface area contributed by atoms with Crippen LogP contribution >= 0.6 is 11.6 Å². The number of hydrogen-bond acceptors (Lipinski definition) is 1. The Bertz CT molecular complexity index is 160. The minimum Gasteiger partial charge on any atom is -0.285 e. The Morgan fingerprint density at radius 3 is 3.00 bits per heavy atom. The smallest absolute Gasteiger partial charge is 0.0519 e. The van der Waals surface area contributed by atoms with E-state index in [1.165, 1.54) is 5.56 Å². The van der Waals surface area contributed by atoms with E-state index in [4.69, 9.17) is 11.6 Å². The van der Waals surface area contributed by atoms with Gasteiger partial charge in [-0.25, -0.2) is 0 Å². The van der Waals surface area contributed by atoms with Crippen molar-refractivity contribution in [2.24, 2.45) is 0 Å². The van der Waals surface area contributed by atoms with Gasteiger partial charge in [-0.3, -0.25) is 5.10 Å². The molecule has 0 aliphatic carbocycles. The van der Waals surface area contributed by atoms with Gasteiger partial charge in [0, 0.05) is 12.1 Å². The molecule has 0 saturated carbocycles. The van der Waals surface area contributed by atoms with E-state index >= 15 is 0 Å². The van der Waals surface area contributed by atoms with E-state index < -0.39 is 0 Å². The van der Waals surface area contributed by atoms with Crippen LogP contribution in [-0.2, 0) is 6.42 Å². The fourth-order valence-corrected chi connectivity index (χ4v) is 1.03. The quantitative estimate of drug-likeness (QED) is 0.527. The molecule has 0 bridgehead atoms. The zero-order valence-corrected chi connectivity index (χ0v) is 6.56. The number of unbranched alkanes of at least 4 members (excludes halogenated alkanes) is 1. The van der Waals surface area contributed by atoms with Gasteiger partial charge in [0.05, 0.1) is 6.20 Å². The summed E-state index contributed by atoms with van der Waals surface area (Å²) >= 11 is 5.52. The molecule has 0 atom stereocenters. The third-order valence-electron chi connectivity index (χ3n) is 1.40. The summed E-state index contributed by atoms with van der Waals surface area (Å²) in [5.41, 5.74) is 1.27. The van der Waals surface area contributed by atoms with E-state index in [-0.39, 0.29) is 0 Å². The Labute approximate surface area is 65.6 Å². The first-order valence-electron chi connectivity index (χ1n) is 3.47. The normalized spacial score (nSPS) is 10.1. The van der Waals surface area contributed by atoms with Crippen LogP contribution in [0.25, 0.3) is 0 Å². The lowest BCUT2D eigenvalue weighted by atomic mass is 10.2. The maximum absolute atomic E-state index is 5.52. The van der Waals surface area contributed by atoms with Gasteiger partial charge in [0.15, 0.2) is 0 Å². The monoisotopic (exact) mass is 158 g/mol. The number of aromatic amines is 1. The summed E-state index contributed by atoms with van der Waals surface area (Å²) in [5, 5.41) is 6.62. The van der Waals surface area contributed by atoms with Gasteiger partial charge >= 0.3 is 0 Å². The highest BCUT2D eigenvalue weighted by Gasteiger charge is 1.91. The summed E-state index contributed by atoms with van der Waals surface area (Å²) in [6.45, 7) is 0. The van der Waals surface area contributed by atoms with Crippen molar-refractivity contribution in [2.45, 2.75) is 19.3 Å². The van der Waals surface area contributed by atoms with Crippen LogP contribution < -0.4 is 0 Å². The molecule has 56 valence electrons. The summed E-state index contributed by atoms with van der Waals surface area (Å²) in [5.74, 6) is 0.762.